The number of hydrogen-bond acceptors (Lipinski definition) is 6. The summed E-state index contributed by atoms with van der Waals surface area (Å²) in [4.78, 5) is 13.7. The van der Waals surface area contributed by atoms with Crippen LogP contribution in [0.25, 0.3) is 0 Å². The lowest BCUT2D eigenvalue weighted by atomic mass is 10.3. The first-order valence-electron chi connectivity index (χ1n) is 5.48. The molecular formula is C9H15N5O2S. The molecule has 1 aliphatic rings. The Hall–Kier alpha value is -1.15. The van der Waals surface area contributed by atoms with E-state index in [-0.39, 0.29) is 5.91 Å². The van der Waals surface area contributed by atoms with Crippen LogP contribution < -0.4 is 0 Å². The number of carbonyl (C=O) groups is 1. The van der Waals surface area contributed by atoms with Crippen molar-refractivity contribution < 1.29 is 9.53 Å². The molecule has 1 aliphatic heterocycles. The molecule has 8 heteroatoms. The van der Waals surface area contributed by atoms with Crippen LogP contribution in [0.15, 0.2) is 5.16 Å². The molecule has 0 saturated carbocycles. The molecule has 2 rings (SSSR count). The van der Waals surface area contributed by atoms with Crippen molar-refractivity contribution in [1.29, 1.82) is 0 Å². The van der Waals surface area contributed by atoms with Gasteiger partial charge in [-0.2, -0.15) is 0 Å². The van der Waals surface area contributed by atoms with E-state index in [2.05, 4.69) is 15.5 Å². The van der Waals surface area contributed by atoms with Gasteiger partial charge in [-0.05, 0) is 10.4 Å². The van der Waals surface area contributed by atoms with Gasteiger partial charge in [0.1, 0.15) is 0 Å². The molecule has 1 saturated heterocycles. The quantitative estimate of drug-likeness (QED) is 0.680. The third kappa shape index (κ3) is 3.40. The van der Waals surface area contributed by atoms with E-state index in [1.165, 1.54) is 11.8 Å². The molecule has 1 amide bonds. The van der Waals surface area contributed by atoms with Crippen molar-refractivity contribution in [3.63, 3.8) is 0 Å². The fraction of sp³-hybridized carbons (Fsp3) is 0.778. The molecule has 0 radical (unpaired) electrons. The molecule has 94 valence electrons. The Bertz CT molecular complexity index is 377. The van der Waals surface area contributed by atoms with Crippen LogP contribution in [0.5, 0.6) is 0 Å². The second-order valence-electron chi connectivity index (χ2n) is 3.68. The maximum absolute atomic E-state index is 11.8. The van der Waals surface area contributed by atoms with Gasteiger partial charge in [0.2, 0.25) is 11.1 Å². The van der Waals surface area contributed by atoms with E-state index in [0.717, 1.165) is 5.16 Å². The smallest absolute Gasteiger partial charge is 0.223 e. The van der Waals surface area contributed by atoms with Gasteiger partial charge in [-0.3, -0.25) is 4.79 Å². The molecule has 0 spiro atoms. The van der Waals surface area contributed by atoms with Crippen LogP contribution in [0.2, 0.25) is 0 Å². The lowest BCUT2D eigenvalue weighted by Crippen LogP contribution is -2.40. The second kappa shape index (κ2) is 5.97. The molecule has 17 heavy (non-hydrogen) atoms. The van der Waals surface area contributed by atoms with Gasteiger partial charge in [-0.25, -0.2) is 4.68 Å². The van der Waals surface area contributed by atoms with E-state index in [1.807, 2.05) is 4.90 Å². The number of carbonyl (C=O) groups excluding carboxylic acids is 1. The topological polar surface area (TPSA) is 73.1 Å². The van der Waals surface area contributed by atoms with E-state index in [0.29, 0.717) is 38.5 Å². The van der Waals surface area contributed by atoms with Gasteiger partial charge >= 0.3 is 0 Å². The van der Waals surface area contributed by atoms with Gasteiger partial charge < -0.3 is 9.64 Å². The van der Waals surface area contributed by atoms with Crippen LogP contribution in [-0.2, 0) is 16.6 Å². The van der Waals surface area contributed by atoms with E-state index in [9.17, 15) is 4.79 Å². The lowest BCUT2D eigenvalue weighted by molar-refractivity contribution is -0.134. The predicted molar refractivity (Wildman–Crippen MR) is 61.5 cm³/mol. The molecule has 7 nitrogen and oxygen atoms in total. The number of thioether (sulfide) groups is 1. The van der Waals surface area contributed by atoms with Crippen LogP contribution in [0.3, 0.4) is 0 Å². The zero-order valence-electron chi connectivity index (χ0n) is 9.70. The van der Waals surface area contributed by atoms with Crippen molar-refractivity contribution in [2.45, 2.75) is 11.6 Å². The SMILES string of the molecule is Cn1nnnc1SCCC(=O)N1CCOCC1. The molecule has 0 bridgehead atoms. The highest BCUT2D eigenvalue weighted by atomic mass is 32.2. The summed E-state index contributed by atoms with van der Waals surface area (Å²) in [7, 11) is 1.78. The Morgan fingerprint density at radius 2 is 2.24 bits per heavy atom. The largest absolute Gasteiger partial charge is 0.378 e. The molecular weight excluding hydrogens is 242 g/mol. The number of tetrazole rings is 1. The molecule has 0 aliphatic carbocycles. The molecule has 0 unspecified atom stereocenters. The molecule has 1 fully saturated rings. The van der Waals surface area contributed by atoms with E-state index in [1.54, 1.807) is 11.7 Å². The summed E-state index contributed by atoms with van der Waals surface area (Å²) in [5.41, 5.74) is 0. The summed E-state index contributed by atoms with van der Waals surface area (Å²) in [6, 6.07) is 0. The van der Waals surface area contributed by atoms with Gasteiger partial charge in [-0.1, -0.05) is 11.8 Å². The van der Waals surface area contributed by atoms with Crippen LogP contribution in [0.1, 0.15) is 6.42 Å². The van der Waals surface area contributed by atoms with Crippen LogP contribution in [0.4, 0.5) is 0 Å². The van der Waals surface area contributed by atoms with Crippen LogP contribution >= 0.6 is 11.8 Å². The van der Waals surface area contributed by atoms with Crippen molar-refractivity contribution >= 4 is 17.7 Å². The molecule has 0 atom stereocenters. The minimum Gasteiger partial charge on any atom is -0.378 e. The summed E-state index contributed by atoms with van der Waals surface area (Å²) in [6.07, 6.45) is 0.511. The summed E-state index contributed by atoms with van der Waals surface area (Å²) >= 11 is 1.49. The maximum atomic E-state index is 11.8. The zero-order valence-corrected chi connectivity index (χ0v) is 10.5. The van der Waals surface area contributed by atoms with E-state index >= 15 is 0 Å². The Morgan fingerprint density at radius 3 is 2.88 bits per heavy atom. The minimum absolute atomic E-state index is 0.177. The van der Waals surface area contributed by atoms with E-state index in [4.69, 9.17) is 4.74 Å². The number of hydrogen-bond donors (Lipinski definition) is 0. The first kappa shape index (κ1) is 12.3. The lowest BCUT2D eigenvalue weighted by Gasteiger charge is -2.26. The van der Waals surface area contributed by atoms with Gasteiger partial charge in [0.25, 0.3) is 0 Å². The van der Waals surface area contributed by atoms with Crippen LogP contribution in [0, 0.1) is 0 Å². The third-order valence-electron chi connectivity index (χ3n) is 2.49. The normalized spacial score (nSPS) is 16.2. The highest BCUT2D eigenvalue weighted by Crippen LogP contribution is 2.14. The fourth-order valence-corrected chi connectivity index (χ4v) is 2.32. The van der Waals surface area contributed by atoms with Crippen molar-refractivity contribution in [3.8, 4) is 0 Å². The number of ether oxygens (including phenoxy) is 1. The molecule has 1 aromatic heterocycles. The number of aryl methyl sites for hydroxylation is 1. The average molecular weight is 257 g/mol. The van der Waals surface area contributed by atoms with E-state index < -0.39 is 0 Å². The van der Waals surface area contributed by atoms with Crippen LogP contribution in [-0.4, -0.2) is 63.1 Å². The molecule has 1 aromatic rings. The number of aromatic nitrogens is 4. The first-order chi connectivity index (χ1) is 8.27. The second-order valence-corrected chi connectivity index (χ2v) is 4.74. The Labute approximate surface area is 103 Å². The van der Waals surface area contributed by atoms with Gasteiger partial charge in [0.15, 0.2) is 0 Å². The fourth-order valence-electron chi connectivity index (χ4n) is 1.54. The summed E-state index contributed by atoms with van der Waals surface area (Å²) in [6.45, 7) is 2.70. The van der Waals surface area contributed by atoms with Crippen molar-refractivity contribution in [3.05, 3.63) is 0 Å². The number of rotatable bonds is 4. The van der Waals surface area contributed by atoms with Gasteiger partial charge in [0, 0.05) is 32.3 Å². The number of nitrogens with zero attached hydrogens (tertiary/aromatic N) is 5. The summed E-state index contributed by atoms with van der Waals surface area (Å²) < 4.78 is 6.80. The first-order valence-corrected chi connectivity index (χ1v) is 6.46. The van der Waals surface area contributed by atoms with Crippen molar-refractivity contribution in [2.24, 2.45) is 7.05 Å². The minimum atomic E-state index is 0.177. The zero-order chi connectivity index (χ0) is 12.1. The monoisotopic (exact) mass is 257 g/mol. The Balaban J connectivity index is 1.71. The predicted octanol–water partition coefficient (Wildman–Crippen LogP) is -0.449. The molecule has 2 heterocycles. The van der Waals surface area contributed by atoms with Crippen molar-refractivity contribution in [1.82, 2.24) is 25.1 Å². The average Bonchev–Trinajstić information content (AvgIpc) is 2.76. The summed E-state index contributed by atoms with van der Waals surface area (Å²) in [5, 5.41) is 11.8. The highest BCUT2D eigenvalue weighted by molar-refractivity contribution is 7.99. The summed E-state index contributed by atoms with van der Waals surface area (Å²) in [5.74, 6) is 0.876. The highest BCUT2D eigenvalue weighted by Gasteiger charge is 2.16. The van der Waals surface area contributed by atoms with Gasteiger partial charge in [0.05, 0.1) is 13.2 Å². The Kier molecular flexibility index (Phi) is 4.32. The maximum Gasteiger partial charge on any atom is 0.223 e. The number of amides is 1. The number of morpholine rings is 1. The van der Waals surface area contributed by atoms with Gasteiger partial charge in [-0.15, -0.1) is 5.10 Å². The Morgan fingerprint density at radius 1 is 1.47 bits per heavy atom. The van der Waals surface area contributed by atoms with Crippen molar-refractivity contribution in [2.75, 3.05) is 32.1 Å². The molecule has 0 aromatic carbocycles. The molecule has 0 N–H and O–H groups in total. The standard InChI is InChI=1S/C9H15N5O2S/c1-13-9(10-11-12-13)17-7-2-8(15)14-3-5-16-6-4-14/h2-7H2,1H3. The third-order valence-corrected chi connectivity index (χ3v) is 3.50.